The normalized spacial score (nSPS) is 16.4. The fourth-order valence-electron chi connectivity index (χ4n) is 3.63. The number of aliphatic hydroxyl groups is 1. The number of fused-ring (bicyclic) bond motifs is 3. The minimum absolute atomic E-state index is 0.293. The molecule has 8 nitrogen and oxygen atoms in total. The minimum atomic E-state index is -5.31. The molecule has 4 N–H and O–H groups in total. The molecule has 0 spiro atoms. The highest BCUT2D eigenvalue weighted by Crippen LogP contribution is 2.44. The number of ether oxygens (including phenoxy) is 1. The lowest BCUT2D eigenvalue weighted by Crippen LogP contribution is -2.69. The summed E-state index contributed by atoms with van der Waals surface area (Å²) in [6.45, 7) is -0.257. The molecule has 11 heteroatoms. The van der Waals surface area contributed by atoms with Gasteiger partial charge in [-0.2, -0.15) is 13.2 Å². The zero-order valence-corrected chi connectivity index (χ0v) is 18.3. The third kappa shape index (κ3) is 4.43. The fraction of sp³-hybridized carbons (Fsp3) is 0.348. The van der Waals surface area contributed by atoms with Crippen molar-refractivity contribution in [2.45, 2.75) is 37.0 Å². The van der Waals surface area contributed by atoms with Gasteiger partial charge in [0.25, 0.3) is 5.91 Å². The fourth-order valence-corrected chi connectivity index (χ4v) is 3.63. The second kappa shape index (κ2) is 8.98. The quantitative estimate of drug-likeness (QED) is 0.483. The number of alkyl carbamates (subject to hydrolysis) is 1. The summed E-state index contributed by atoms with van der Waals surface area (Å²) in [5.41, 5.74) is -2.40. The Labute approximate surface area is 192 Å². The van der Waals surface area contributed by atoms with E-state index in [1.807, 2.05) is 36.4 Å². The molecule has 0 radical (unpaired) electrons. The summed E-state index contributed by atoms with van der Waals surface area (Å²) >= 11 is 0. The summed E-state index contributed by atoms with van der Waals surface area (Å²) < 4.78 is 46.5. The van der Waals surface area contributed by atoms with Crippen LogP contribution in [0.2, 0.25) is 0 Å². The van der Waals surface area contributed by atoms with Crippen LogP contribution in [0.15, 0.2) is 48.5 Å². The number of halogens is 3. The number of nitrogens with one attached hydrogen (secondary N) is 2. The molecule has 0 fully saturated rings. The highest BCUT2D eigenvalue weighted by atomic mass is 19.4. The van der Waals surface area contributed by atoms with Gasteiger partial charge in [0.05, 0.1) is 6.61 Å². The number of carboxylic acid groups (broad SMARTS) is 1. The predicted molar refractivity (Wildman–Crippen MR) is 114 cm³/mol. The van der Waals surface area contributed by atoms with E-state index < -0.39 is 47.7 Å². The number of carbonyl (C=O) groups is 3. The number of carboxylic acids is 1. The molecule has 0 aliphatic heterocycles. The van der Waals surface area contributed by atoms with E-state index in [0.29, 0.717) is 6.92 Å². The first-order valence-electron chi connectivity index (χ1n) is 10.2. The predicted octanol–water partition coefficient (Wildman–Crippen LogP) is 2.80. The van der Waals surface area contributed by atoms with Crippen molar-refractivity contribution in [3.8, 4) is 11.1 Å². The van der Waals surface area contributed by atoms with Crippen LogP contribution in [0.1, 0.15) is 30.9 Å². The lowest BCUT2D eigenvalue weighted by atomic mass is 9.96. The van der Waals surface area contributed by atoms with Gasteiger partial charge in [-0.15, -0.1) is 0 Å². The van der Waals surface area contributed by atoms with Crippen molar-refractivity contribution in [2.75, 3.05) is 13.2 Å². The van der Waals surface area contributed by atoms with E-state index in [4.69, 9.17) is 9.84 Å². The molecule has 1 aliphatic carbocycles. The van der Waals surface area contributed by atoms with Crippen molar-refractivity contribution >= 4 is 18.0 Å². The number of aliphatic carboxylic acids is 1. The number of rotatable bonds is 7. The summed E-state index contributed by atoms with van der Waals surface area (Å²) in [6, 6.07) is 14.7. The van der Waals surface area contributed by atoms with Gasteiger partial charge in [-0.3, -0.25) is 10.1 Å². The molecular weight excluding hydrogens is 457 g/mol. The maximum atomic E-state index is 13.8. The second-order valence-corrected chi connectivity index (χ2v) is 8.32. The number of hydrogen-bond donors (Lipinski definition) is 4. The van der Waals surface area contributed by atoms with E-state index in [2.05, 4.69) is 0 Å². The Morgan fingerprint density at radius 3 is 1.88 bits per heavy atom. The van der Waals surface area contributed by atoms with Crippen LogP contribution in [0.4, 0.5) is 18.0 Å². The smallest absolute Gasteiger partial charge is 0.420 e. The largest absolute Gasteiger partial charge is 0.479 e. The third-order valence-electron chi connectivity index (χ3n) is 5.89. The third-order valence-corrected chi connectivity index (χ3v) is 5.89. The van der Waals surface area contributed by atoms with Crippen molar-refractivity contribution in [2.24, 2.45) is 0 Å². The first-order valence-corrected chi connectivity index (χ1v) is 10.2. The van der Waals surface area contributed by atoms with Gasteiger partial charge in [0.15, 0.2) is 5.54 Å². The standard InChI is InChI=1S/C23H23F3N2O6/c1-21(12-29,19(31)32)27-18(30)22(2,23(24,25)26)28-20(33)34-11-17-15-9-5-3-7-13(15)14-8-4-6-10-16(14)17/h3-10,17,29H,11-12H2,1-2H3,(H,27,30)(H,28,33)(H,31,32). The summed E-state index contributed by atoms with van der Waals surface area (Å²) in [4.78, 5) is 36.1. The zero-order chi connectivity index (χ0) is 25.3. The van der Waals surface area contributed by atoms with Crippen molar-refractivity contribution in [3.05, 3.63) is 59.7 Å². The summed E-state index contributed by atoms with van der Waals surface area (Å²) in [6.07, 6.45) is -6.82. The lowest BCUT2D eigenvalue weighted by molar-refractivity contribution is -0.196. The lowest BCUT2D eigenvalue weighted by Gasteiger charge is -2.34. The molecule has 0 heterocycles. The summed E-state index contributed by atoms with van der Waals surface area (Å²) in [5.74, 6) is -4.05. The van der Waals surface area contributed by atoms with E-state index in [1.54, 1.807) is 17.4 Å². The maximum absolute atomic E-state index is 13.8. The Kier molecular flexibility index (Phi) is 6.61. The molecule has 3 rings (SSSR count). The molecule has 182 valence electrons. The van der Waals surface area contributed by atoms with Crippen LogP contribution >= 0.6 is 0 Å². The van der Waals surface area contributed by atoms with Crippen LogP contribution < -0.4 is 10.6 Å². The van der Waals surface area contributed by atoms with Gasteiger partial charge in [-0.25, -0.2) is 9.59 Å². The number of alkyl halides is 3. The first kappa shape index (κ1) is 25.0. The molecule has 34 heavy (non-hydrogen) atoms. The van der Waals surface area contributed by atoms with E-state index in [9.17, 15) is 32.7 Å². The molecule has 2 amide bonds. The average molecular weight is 480 g/mol. The van der Waals surface area contributed by atoms with Crippen molar-refractivity contribution in [1.82, 2.24) is 10.6 Å². The van der Waals surface area contributed by atoms with E-state index in [-0.39, 0.29) is 6.61 Å². The van der Waals surface area contributed by atoms with Crippen LogP contribution in [-0.2, 0) is 14.3 Å². The molecule has 0 bridgehead atoms. The van der Waals surface area contributed by atoms with Crippen molar-refractivity contribution in [3.63, 3.8) is 0 Å². The zero-order valence-electron chi connectivity index (χ0n) is 18.3. The molecule has 0 saturated heterocycles. The van der Waals surface area contributed by atoms with Gasteiger partial charge < -0.3 is 20.3 Å². The Morgan fingerprint density at radius 2 is 1.44 bits per heavy atom. The van der Waals surface area contributed by atoms with Gasteiger partial charge in [-0.1, -0.05) is 48.5 Å². The number of hydrogen-bond acceptors (Lipinski definition) is 5. The average Bonchev–Trinajstić information content (AvgIpc) is 3.10. The highest BCUT2D eigenvalue weighted by Gasteiger charge is 2.59. The van der Waals surface area contributed by atoms with Gasteiger partial charge in [0.1, 0.15) is 6.61 Å². The Morgan fingerprint density at radius 1 is 0.941 bits per heavy atom. The van der Waals surface area contributed by atoms with Crippen molar-refractivity contribution < 1.29 is 42.5 Å². The monoisotopic (exact) mass is 480 g/mol. The molecule has 2 aromatic carbocycles. The maximum Gasteiger partial charge on any atom is 0.420 e. The number of amides is 2. The van der Waals surface area contributed by atoms with Crippen LogP contribution in [0, 0.1) is 0 Å². The van der Waals surface area contributed by atoms with Crippen LogP contribution in [0.25, 0.3) is 11.1 Å². The number of carbonyl (C=O) groups excluding carboxylic acids is 2. The highest BCUT2D eigenvalue weighted by molar-refractivity contribution is 5.94. The molecular formula is C23H23F3N2O6. The Hall–Kier alpha value is -3.60. The van der Waals surface area contributed by atoms with Gasteiger partial charge in [0.2, 0.25) is 5.54 Å². The molecule has 2 unspecified atom stereocenters. The SMILES string of the molecule is CC(CO)(NC(=O)C(C)(NC(=O)OCC1c2ccccc2-c2ccccc21)C(F)(F)F)C(=O)O. The molecule has 0 aromatic heterocycles. The Bertz CT molecular complexity index is 1080. The van der Waals surface area contributed by atoms with Crippen LogP contribution in [-0.4, -0.2) is 58.7 Å². The number of benzene rings is 2. The van der Waals surface area contributed by atoms with Gasteiger partial charge in [-0.05, 0) is 36.1 Å². The van der Waals surface area contributed by atoms with Crippen LogP contribution in [0.3, 0.4) is 0 Å². The van der Waals surface area contributed by atoms with Crippen LogP contribution in [0.5, 0.6) is 0 Å². The van der Waals surface area contributed by atoms with E-state index in [0.717, 1.165) is 29.2 Å². The molecule has 2 aromatic rings. The minimum Gasteiger partial charge on any atom is -0.479 e. The number of aliphatic hydroxyl groups excluding tert-OH is 1. The Balaban J connectivity index is 1.78. The molecule has 1 aliphatic rings. The first-order chi connectivity index (χ1) is 15.8. The topological polar surface area (TPSA) is 125 Å². The summed E-state index contributed by atoms with van der Waals surface area (Å²) in [5, 5.41) is 21.5. The van der Waals surface area contributed by atoms with Crippen molar-refractivity contribution in [1.29, 1.82) is 0 Å². The van der Waals surface area contributed by atoms with Gasteiger partial charge >= 0.3 is 18.2 Å². The summed E-state index contributed by atoms with van der Waals surface area (Å²) in [7, 11) is 0. The molecule has 2 atom stereocenters. The van der Waals surface area contributed by atoms with E-state index >= 15 is 0 Å². The van der Waals surface area contributed by atoms with E-state index in [1.165, 1.54) is 5.32 Å². The van der Waals surface area contributed by atoms with Gasteiger partial charge in [0, 0.05) is 5.92 Å². The second-order valence-electron chi connectivity index (χ2n) is 8.32. The molecule has 0 saturated carbocycles.